The molecule has 2 nitrogen and oxygen atoms in total. The maximum absolute atomic E-state index is 10.8. The topological polar surface area (TPSA) is 40.5 Å². The standard InChI is InChI=1S/C15H24O2/c1-12(8-11-16)7-10-15(17)13(2)6-5-9-14(15,3)4/h8,13,16-17H,5-6,9,11H2,1-4H3/t13-,15-/m0/s1. The number of hydrogen-bond acceptors (Lipinski definition) is 2. The molecule has 96 valence electrons. The predicted molar refractivity (Wildman–Crippen MR) is 70.4 cm³/mol. The molecule has 1 rings (SSSR count). The monoisotopic (exact) mass is 236 g/mol. The molecule has 0 unspecified atom stereocenters. The predicted octanol–water partition coefficient (Wildman–Crippen LogP) is 2.51. The minimum absolute atomic E-state index is 0.00209. The van der Waals surface area contributed by atoms with Crippen molar-refractivity contribution in [2.75, 3.05) is 6.61 Å². The van der Waals surface area contributed by atoms with Crippen LogP contribution in [-0.2, 0) is 0 Å². The highest BCUT2D eigenvalue weighted by Crippen LogP contribution is 2.46. The summed E-state index contributed by atoms with van der Waals surface area (Å²) < 4.78 is 0. The van der Waals surface area contributed by atoms with E-state index < -0.39 is 5.60 Å². The molecule has 0 amide bonds. The van der Waals surface area contributed by atoms with Gasteiger partial charge in [-0.3, -0.25) is 0 Å². The zero-order valence-corrected chi connectivity index (χ0v) is 11.4. The van der Waals surface area contributed by atoms with Crippen molar-refractivity contribution in [3.63, 3.8) is 0 Å². The molecule has 1 aliphatic rings. The van der Waals surface area contributed by atoms with Crippen LogP contribution in [0, 0.1) is 23.2 Å². The Kier molecular flexibility index (Phi) is 4.41. The van der Waals surface area contributed by atoms with E-state index in [1.54, 1.807) is 6.08 Å². The Morgan fingerprint density at radius 2 is 2.12 bits per heavy atom. The van der Waals surface area contributed by atoms with Gasteiger partial charge >= 0.3 is 0 Å². The molecule has 2 atom stereocenters. The molecule has 0 aromatic heterocycles. The summed E-state index contributed by atoms with van der Waals surface area (Å²) in [5.41, 5.74) is -0.276. The Morgan fingerprint density at radius 3 is 2.65 bits per heavy atom. The Hall–Kier alpha value is -0.780. The summed E-state index contributed by atoms with van der Waals surface area (Å²) in [4.78, 5) is 0. The average molecular weight is 236 g/mol. The van der Waals surface area contributed by atoms with E-state index in [0.29, 0.717) is 0 Å². The first-order valence-electron chi connectivity index (χ1n) is 6.36. The van der Waals surface area contributed by atoms with Gasteiger partial charge in [-0.25, -0.2) is 0 Å². The highest BCUT2D eigenvalue weighted by atomic mass is 16.3. The third-order valence-electron chi connectivity index (χ3n) is 4.03. The first kappa shape index (κ1) is 14.3. The summed E-state index contributed by atoms with van der Waals surface area (Å²) in [5.74, 6) is 6.22. The van der Waals surface area contributed by atoms with Gasteiger partial charge in [0.05, 0.1) is 6.61 Å². The fraction of sp³-hybridized carbons (Fsp3) is 0.733. The summed E-state index contributed by atoms with van der Waals surface area (Å²) in [6.07, 6.45) is 4.85. The van der Waals surface area contributed by atoms with Crippen LogP contribution in [0.1, 0.15) is 47.0 Å². The zero-order chi connectivity index (χ0) is 13.1. The molecule has 1 fully saturated rings. The van der Waals surface area contributed by atoms with Gasteiger partial charge in [0.2, 0.25) is 0 Å². The second kappa shape index (κ2) is 5.25. The van der Waals surface area contributed by atoms with Crippen LogP contribution in [0.2, 0.25) is 0 Å². The summed E-state index contributed by atoms with van der Waals surface area (Å²) in [7, 11) is 0. The van der Waals surface area contributed by atoms with Crippen LogP contribution in [0.15, 0.2) is 11.6 Å². The van der Waals surface area contributed by atoms with E-state index >= 15 is 0 Å². The molecule has 2 heteroatoms. The van der Waals surface area contributed by atoms with Gasteiger partial charge in [0, 0.05) is 5.41 Å². The van der Waals surface area contributed by atoms with E-state index in [9.17, 15) is 5.11 Å². The van der Waals surface area contributed by atoms with Gasteiger partial charge in [-0.1, -0.05) is 39.0 Å². The molecule has 0 spiro atoms. The first-order chi connectivity index (χ1) is 7.83. The summed E-state index contributed by atoms with van der Waals surface area (Å²) in [6.45, 7) is 8.09. The second-order valence-corrected chi connectivity index (χ2v) is 5.76. The van der Waals surface area contributed by atoms with Crippen molar-refractivity contribution in [2.45, 2.75) is 52.6 Å². The van der Waals surface area contributed by atoms with Gasteiger partial charge in [0.25, 0.3) is 0 Å². The molecule has 0 radical (unpaired) electrons. The first-order valence-corrected chi connectivity index (χ1v) is 6.36. The van der Waals surface area contributed by atoms with Gasteiger partial charge < -0.3 is 10.2 Å². The fourth-order valence-corrected chi connectivity index (χ4v) is 2.59. The van der Waals surface area contributed by atoms with E-state index in [4.69, 9.17) is 5.11 Å². The maximum Gasteiger partial charge on any atom is 0.133 e. The lowest BCUT2D eigenvalue weighted by Gasteiger charge is -2.47. The summed E-state index contributed by atoms with van der Waals surface area (Å²) in [5, 5.41) is 19.6. The normalized spacial score (nSPS) is 32.8. The van der Waals surface area contributed by atoms with Crippen LogP contribution in [0.5, 0.6) is 0 Å². The number of allylic oxidation sites excluding steroid dienone is 1. The Labute approximate surface area is 105 Å². The molecule has 17 heavy (non-hydrogen) atoms. The Bertz CT molecular complexity index is 357. The summed E-state index contributed by atoms with van der Waals surface area (Å²) in [6, 6.07) is 0. The number of aliphatic hydroxyl groups is 2. The van der Waals surface area contributed by atoms with E-state index in [2.05, 4.69) is 32.6 Å². The fourth-order valence-electron chi connectivity index (χ4n) is 2.59. The van der Waals surface area contributed by atoms with Crippen LogP contribution >= 0.6 is 0 Å². The van der Waals surface area contributed by atoms with E-state index in [1.165, 1.54) is 0 Å². The van der Waals surface area contributed by atoms with Gasteiger partial charge in [-0.05, 0) is 37.3 Å². The molecule has 1 aliphatic carbocycles. The largest absolute Gasteiger partial charge is 0.392 e. The van der Waals surface area contributed by atoms with Gasteiger partial charge in [-0.15, -0.1) is 0 Å². The summed E-state index contributed by atoms with van der Waals surface area (Å²) >= 11 is 0. The van der Waals surface area contributed by atoms with E-state index in [-0.39, 0.29) is 17.9 Å². The van der Waals surface area contributed by atoms with E-state index in [0.717, 1.165) is 24.8 Å². The molecule has 0 aromatic rings. The van der Waals surface area contributed by atoms with Crippen LogP contribution in [0.4, 0.5) is 0 Å². The van der Waals surface area contributed by atoms with Gasteiger partial charge in [0.1, 0.15) is 5.60 Å². The number of rotatable bonds is 1. The lowest BCUT2D eigenvalue weighted by molar-refractivity contribution is -0.0860. The van der Waals surface area contributed by atoms with Gasteiger partial charge in [0.15, 0.2) is 0 Å². The van der Waals surface area contributed by atoms with Crippen LogP contribution in [0.3, 0.4) is 0 Å². The minimum Gasteiger partial charge on any atom is -0.392 e. The smallest absolute Gasteiger partial charge is 0.133 e. The molecular formula is C15H24O2. The third-order valence-corrected chi connectivity index (χ3v) is 4.03. The maximum atomic E-state index is 10.8. The highest BCUT2D eigenvalue weighted by molar-refractivity contribution is 5.32. The van der Waals surface area contributed by atoms with E-state index in [1.807, 2.05) is 6.92 Å². The highest BCUT2D eigenvalue weighted by Gasteiger charge is 2.48. The minimum atomic E-state index is -0.921. The second-order valence-electron chi connectivity index (χ2n) is 5.76. The van der Waals surface area contributed by atoms with Crippen LogP contribution in [0.25, 0.3) is 0 Å². The van der Waals surface area contributed by atoms with Crippen LogP contribution < -0.4 is 0 Å². The van der Waals surface area contributed by atoms with Gasteiger partial charge in [-0.2, -0.15) is 0 Å². The molecular weight excluding hydrogens is 212 g/mol. The van der Waals surface area contributed by atoms with Crippen molar-refractivity contribution >= 4 is 0 Å². The molecule has 2 N–H and O–H groups in total. The van der Waals surface area contributed by atoms with Crippen molar-refractivity contribution in [1.29, 1.82) is 0 Å². The molecule has 0 bridgehead atoms. The Morgan fingerprint density at radius 1 is 1.47 bits per heavy atom. The lowest BCUT2D eigenvalue weighted by atomic mass is 9.61. The Balaban J connectivity index is 3.01. The SMILES string of the molecule is CC(C#C[C@]1(O)[C@@H](C)CCCC1(C)C)=CCO. The quantitative estimate of drug-likeness (QED) is 0.687. The van der Waals surface area contributed by atoms with Crippen molar-refractivity contribution in [2.24, 2.45) is 11.3 Å². The average Bonchev–Trinajstić information content (AvgIpc) is 2.24. The van der Waals surface area contributed by atoms with Crippen molar-refractivity contribution < 1.29 is 10.2 Å². The third kappa shape index (κ3) is 2.91. The lowest BCUT2D eigenvalue weighted by Crippen LogP contribution is -2.51. The van der Waals surface area contributed by atoms with Crippen LogP contribution in [-0.4, -0.2) is 22.4 Å². The van der Waals surface area contributed by atoms with Crippen molar-refractivity contribution in [3.05, 3.63) is 11.6 Å². The molecule has 0 heterocycles. The number of aliphatic hydroxyl groups excluding tert-OH is 1. The zero-order valence-electron chi connectivity index (χ0n) is 11.4. The number of hydrogen-bond donors (Lipinski definition) is 2. The molecule has 0 saturated heterocycles. The van der Waals surface area contributed by atoms with Crippen molar-refractivity contribution in [3.8, 4) is 11.8 Å². The molecule has 0 aliphatic heterocycles. The van der Waals surface area contributed by atoms with Crippen molar-refractivity contribution in [1.82, 2.24) is 0 Å². The molecule has 1 saturated carbocycles. The molecule has 0 aromatic carbocycles.